The minimum absolute atomic E-state index is 0.214. The molecule has 41 heavy (non-hydrogen) atoms. The summed E-state index contributed by atoms with van der Waals surface area (Å²) in [6.45, 7) is -0.493. The summed E-state index contributed by atoms with van der Waals surface area (Å²) in [5.41, 5.74) is 8.76. The molecule has 14 heteroatoms. The quantitative estimate of drug-likeness (QED) is 0.0449. The predicted molar refractivity (Wildman–Crippen MR) is 143 cm³/mol. The van der Waals surface area contributed by atoms with Gasteiger partial charge in [0.1, 0.15) is 11.5 Å². The van der Waals surface area contributed by atoms with Crippen molar-refractivity contribution in [1.82, 2.24) is 0 Å². The molecule has 0 saturated carbocycles. The van der Waals surface area contributed by atoms with Crippen LogP contribution in [-0.2, 0) is 19.1 Å². The lowest BCUT2D eigenvalue weighted by Crippen LogP contribution is -2.37. The highest BCUT2D eigenvalue weighted by Gasteiger charge is 2.43. The van der Waals surface area contributed by atoms with E-state index >= 15 is 0 Å². The van der Waals surface area contributed by atoms with Gasteiger partial charge in [0.2, 0.25) is 13.1 Å². The fourth-order valence-electron chi connectivity index (χ4n) is 4.30. The molecule has 0 bridgehead atoms. The van der Waals surface area contributed by atoms with Gasteiger partial charge in [-0.1, -0.05) is 30.3 Å². The van der Waals surface area contributed by atoms with Crippen LogP contribution in [0, 0.1) is 26.1 Å². The lowest BCUT2D eigenvalue weighted by atomic mass is 9.78. The van der Waals surface area contributed by atoms with Crippen molar-refractivity contribution in [3.05, 3.63) is 97.1 Å². The maximum atomic E-state index is 13.7. The molecule has 2 rings (SSSR count). The minimum Gasteiger partial charge on any atom is -0.497 e. The number of ketones is 2. The lowest BCUT2D eigenvalue weighted by Gasteiger charge is -2.23. The van der Waals surface area contributed by atoms with Gasteiger partial charge in [-0.15, -0.1) is 0 Å². The molecule has 0 aromatic heterocycles. The number of nitro groups is 2. The van der Waals surface area contributed by atoms with E-state index < -0.39 is 63.9 Å². The lowest BCUT2D eigenvalue weighted by molar-refractivity contribution is -0.484. The Bertz CT molecular complexity index is 1380. The minimum atomic E-state index is -1.66. The second-order valence-corrected chi connectivity index (χ2v) is 8.74. The number of Topliss-reactive ketones (excluding diaryl/α,β-unsaturated/α-hetero) is 2. The summed E-state index contributed by atoms with van der Waals surface area (Å²) in [5.74, 6) is -6.50. The zero-order valence-corrected chi connectivity index (χ0v) is 22.7. The maximum absolute atomic E-state index is 13.7. The number of ether oxygens (including phenoxy) is 3. The first kappa shape index (κ1) is 32.0. The van der Waals surface area contributed by atoms with E-state index in [1.807, 2.05) is 0 Å². The van der Waals surface area contributed by atoms with Gasteiger partial charge in [-0.25, -0.2) is 4.79 Å². The molecular formula is C27H28N4O10. The van der Waals surface area contributed by atoms with Crippen molar-refractivity contribution >= 4 is 23.2 Å². The van der Waals surface area contributed by atoms with Crippen molar-refractivity contribution in [3.8, 4) is 11.5 Å². The molecular weight excluding hydrogens is 540 g/mol. The normalized spacial score (nSPS) is 13.1. The van der Waals surface area contributed by atoms with Crippen molar-refractivity contribution < 1.29 is 43.2 Å². The number of methoxy groups -OCH3 is 3. The van der Waals surface area contributed by atoms with Gasteiger partial charge in [-0.2, -0.15) is 4.79 Å². The standard InChI is InChI=1S/C27H28N4O10/c1-16(32)21(23(14-30(35)36)17-5-9-19(39-2)10-6-17)13-22(26(33)25(29-28)27(34)41-4)24(15-31(37)38)18-7-11-20(40-3)12-8-18/h5-13,22-24H,14-15H2,1-4H3/b21-13-. The van der Waals surface area contributed by atoms with Crippen LogP contribution in [0.25, 0.3) is 5.53 Å². The molecule has 0 fully saturated rings. The molecule has 3 atom stereocenters. The predicted octanol–water partition coefficient (Wildman–Crippen LogP) is 2.67. The molecule has 2 aromatic carbocycles. The molecule has 0 heterocycles. The highest BCUT2D eigenvalue weighted by Crippen LogP contribution is 2.34. The Hall–Kier alpha value is -5.23. The van der Waals surface area contributed by atoms with Gasteiger partial charge >= 0.3 is 11.7 Å². The van der Waals surface area contributed by atoms with Crippen LogP contribution in [0.2, 0.25) is 0 Å². The Labute approximate surface area is 234 Å². The van der Waals surface area contributed by atoms with E-state index in [1.54, 1.807) is 0 Å². The van der Waals surface area contributed by atoms with Gasteiger partial charge in [-0.3, -0.25) is 29.8 Å². The highest BCUT2D eigenvalue weighted by atomic mass is 16.6. The third-order valence-electron chi connectivity index (χ3n) is 6.33. The molecule has 216 valence electrons. The molecule has 3 unspecified atom stereocenters. The molecule has 0 aliphatic rings. The third-order valence-corrected chi connectivity index (χ3v) is 6.33. The molecule has 0 aliphatic carbocycles. The van der Waals surface area contributed by atoms with Gasteiger partial charge in [0.25, 0.3) is 5.78 Å². The van der Waals surface area contributed by atoms with E-state index in [9.17, 15) is 40.1 Å². The first-order chi connectivity index (χ1) is 19.5. The topological polar surface area (TPSA) is 202 Å². The van der Waals surface area contributed by atoms with Crippen molar-refractivity contribution in [2.45, 2.75) is 18.8 Å². The maximum Gasteiger partial charge on any atom is 0.442 e. The Balaban J connectivity index is 2.88. The summed E-state index contributed by atoms with van der Waals surface area (Å²) in [4.78, 5) is 63.7. The van der Waals surface area contributed by atoms with Crippen molar-refractivity contribution in [2.75, 3.05) is 34.4 Å². The van der Waals surface area contributed by atoms with Crippen LogP contribution in [0.1, 0.15) is 29.9 Å². The number of carbonyl (C=O) groups excluding carboxylic acids is 3. The smallest absolute Gasteiger partial charge is 0.442 e. The van der Waals surface area contributed by atoms with Gasteiger partial charge < -0.3 is 19.7 Å². The Kier molecular flexibility index (Phi) is 11.5. The average Bonchev–Trinajstić information content (AvgIpc) is 2.95. The summed E-state index contributed by atoms with van der Waals surface area (Å²) in [6.07, 6.45) is 1.07. The molecule has 2 aromatic rings. The van der Waals surface area contributed by atoms with Crippen molar-refractivity contribution in [2.24, 2.45) is 5.92 Å². The molecule has 0 aliphatic heterocycles. The van der Waals surface area contributed by atoms with Gasteiger partial charge in [0.05, 0.1) is 39.1 Å². The number of allylic oxidation sites excluding steroid dienone is 1. The molecule has 0 N–H and O–H groups in total. The number of hydrogen-bond donors (Lipinski definition) is 0. The fourth-order valence-corrected chi connectivity index (χ4v) is 4.30. The zero-order chi connectivity index (χ0) is 30.7. The van der Waals surface area contributed by atoms with E-state index in [-0.39, 0.29) is 11.1 Å². The number of carbonyl (C=O) groups is 3. The number of nitrogens with zero attached hydrogens (tertiary/aromatic N) is 4. The molecule has 0 radical (unpaired) electrons. The van der Waals surface area contributed by atoms with E-state index in [4.69, 9.17) is 9.47 Å². The molecule has 0 saturated heterocycles. The highest BCUT2D eigenvalue weighted by molar-refractivity contribution is 6.63. The third kappa shape index (κ3) is 8.38. The summed E-state index contributed by atoms with van der Waals surface area (Å²) < 4.78 is 14.8. The summed E-state index contributed by atoms with van der Waals surface area (Å²) in [5, 5.41) is 23.4. The number of rotatable bonds is 15. The Morgan fingerprint density at radius 1 is 0.878 bits per heavy atom. The zero-order valence-electron chi connectivity index (χ0n) is 22.7. The van der Waals surface area contributed by atoms with Crippen LogP contribution < -0.4 is 9.47 Å². The van der Waals surface area contributed by atoms with E-state index in [2.05, 4.69) is 9.53 Å². The van der Waals surface area contributed by atoms with Crippen LogP contribution in [0.5, 0.6) is 11.5 Å². The monoisotopic (exact) mass is 568 g/mol. The Morgan fingerprint density at radius 3 is 1.76 bits per heavy atom. The van der Waals surface area contributed by atoms with E-state index in [0.29, 0.717) is 17.1 Å². The van der Waals surface area contributed by atoms with Gasteiger partial charge in [0.15, 0.2) is 5.78 Å². The van der Waals surface area contributed by atoms with E-state index in [0.717, 1.165) is 20.1 Å². The summed E-state index contributed by atoms with van der Waals surface area (Å²) in [6, 6.07) is 12.0. The van der Waals surface area contributed by atoms with Crippen LogP contribution in [-0.4, -0.2) is 72.3 Å². The van der Waals surface area contributed by atoms with Crippen LogP contribution in [0.3, 0.4) is 0 Å². The van der Waals surface area contributed by atoms with Gasteiger partial charge in [0, 0.05) is 15.4 Å². The second-order valence-electron chi connectivity index (χ2n) is 8.74. The Morgan fingerprint density at radius 2 is 1.37 bits per heavy atom. The van der Waals surface area contributed by atoms with Crippen molar-refractivity contribution in [3.63, 3.8) is 0 Å². The summed E-state index contributed by atoms with van der Waals surface area (Å²) >= 11 is 0. The number of hydrogen-bond acceptors (Lipinski definition) is 10. The van der Waals surface area contributed by atoms with Crippen molar-refractivity contribution in [1.29, 1.82) is 0 Å². The SMILES string of the molecule is COC(=O)C(=[N+]=[N-])C(=O)C(/C=C(/C(C)=O)C(C[N+](=O)[O-])c1ccc(OC)cc1)C(C[N+](=O)[O-])c1ccc(OC)cc1. The fraction of sp³-hybridized carbons (Fsp3) is 0.333. The molecule has 0 spiro atoms. The summed E-state index contributed by atoms with van der Waals surface area (Å²) in [7, 11) is 3.77. The number of esters is 1. The largest absolute Gasteiger partial charge is 0.497 e. The number of benzene rings is 2. The second kappa shape index (κ2) is 14.8. The average molecular weight is 569 g/mol. The van der Waals surface area contributed by atoms with E-state index in [1.165, 1.54) is 62.8 Å². The van der Waals surface area contributed by atoms with Gasteiger partial charge in [-0.05, 0) is 42.3 Å². The van der Waals surface area contributed by atoms with Crippen LogP contribution >= 0.6 is 0 Å². The molecule has 14 nitrogen and oxygen atoms in total. The molecule has 0 amide bonds. The first-order valence-electron chi connectivity index (χ1n) is 12.1. The van der Waals surface area contributed by atoms with Crippen LogP contribution in [0.15, 0.2) is 60.2 Å². The van der Waals surface area contributed by atoms with Crippen LogP contribution in [0.4, 0.5) is 0 Å². The first-order valence-corrected chi connectivity index (χ1v) is 12.1.